The van der Waals surface area contributed by atoms with Crippen LogP contribution in [0.1, 0.15) is 12.5 Å². The second-order valence-electron chi connectivity index (χ2n) is 7.67. The molecule has 0 aliphatic carbocycles. The lowest BCUT2D eigenvalue weighted by atomic mass is 10.1. The van der Waals surface area contributed by atoms with E-state index in [-0.39, 0.29) is 18.3 Å². The summed E-state index contributed by atoms with van der Waals surface area (Å²) < 4.78 is 6.21. The Morgan fingerprint density at radius 3 is 2.52 bits per heavy atom. The molecule has 8 nitrogen and oxygen atoms in total. The highest BCUT2D eigenvalue weighted by Crippen LogP contribution is 2.25. The molecular formula is C23H27N5O3. The van der Waals surface area contributed by atoms with Gasteiger partial charge in [-0.2, -0.15) is 4.68 Å². The minimum Gasteiger partial charge on any atom is -0.388 e. The van der Waals surface area contributed by atoms with Crippen molar-refractivity contribution in [2.24, 2.45) is 0 Å². The third-order valence-electron chi connectivity index (χ3n) is 5.56. The number of hydrogen-bond donors (Lipinski definition) is 1. The van der Waals surface area contributed by atoms with Crippen LogP contribution < -0.4 is 16.0 Å². The molecule has 162 valence electrons. The van der Waals surface area contributed by atoms with Crippen molar-refractivity contribution < 1.29 is 9.21 Å². The van der Waals surface area contributed by atoms with Gasteiger partial charge in [-0.15, -0.1) is 5.10 Å². The van der Waals surface area contributed by atoms with Crippen molar-refractivity contribution in [3.8, 4) is 11.5 Å². The highest BCUT2D eigenvalue weighted by Gasteiger charge is 2.18. The Morgan fingerprint density at radius 1 is 1.10 bits per heavy atom. The molecule has 1 saturated heterocycles. The average Bonchev–Trinajstić information content (AvgIpc) is 3.14. The summed E-state index contributed by atoms with van der Waals surface area (Å²) in [6, 6.07) is 15.0. The molecule has 1 aliphatic heterocycles. The van der Waals surface area contributed by atoms with E-state index < -0.39 is 5.76 Å². The number of piperazine rings is 1. The molecule has 31 heavy (non-hydrogen) atoms. The van der Waals surface area contributed by atoms with Gasteiger partial charge in [0.25, 0.3) is 0 Å². The fourth-order valence-corrected chi connectivity index (χ4v) is 3.83. The zero-order valence-electron chi connectivity index (χ0n) is 17.9. The molecule has 1 fully saturated rings. The third-order valence-corrected chi connectivity index (χ3v) is 5.56. The number of likely N-dealkylation sites (N-methyl/N-ethyl adjacent to an activating group) is 1. The number of nitrogens with one attached hydrogen (secondary N) is 1. The summed E-state index contributed by atoms with van der Waals surface area (Å²) in [7, 11) is 0. The minimum atomic E-state index is -0.660. The number of hydrogen-bond acceptors (Lipinski definition) is 6. The molecule has 8 heteroatoms. The molecule has 0 bridgehead atoms. The Morgan fingerprint density at radius 2 is 1.84 bits per heavy atom. The molecule has 2 heterocycles. The van der Waals surface area contributed by atoms with Crippen molar-refractivity contribution in [1.29, 1.82) is 0 Å². The number of carbonyl (C=O) groups is 1. The second-order valence-corrected chi connectivity index (χ2v) is 7.67. The molecule has 0 atom stereocenters. The van der Waals surface area contributed by atoms with Crippen LogP contribution in [0.5, 0.6) is 0 Å². The molecule has 1 aromatic heterocycles. The van der Waals surface area contributed by atoms with E-state index >= 15 is 0 Å². The summed E-state index contributed by atoms with van der Waals surface area (Å²) >= 11 is 0. The van der Waals surface area contributed by atoms with Gasteiger partial charge in [0.2, 0.25) is 11.8 Å². The summed E-state index contributed by atoms with van der Waals surface area (Å²) in [5.41, 5.74) is 3.67. The summed E-state index contributed by atoms with van der Waals surface area (Å²) in [5, 5.41) is 6.98. The monoisotopic (exact) mass is 421 g/mol. The van der Waals surface area contributed by atoms with E-state index in [2.05, 4.69) is 27.1 Å². The fraction of sp³-hybridized carbons (Fsp3) is 0.348. The number of rotatable bonds is 6. The molecule has 4 rings (SSSR count). The van der Waals surface area contributed by atoms with Crippen LogP contribution in [0, 0.1) is 6.92 Å². The lowest BCUT2D eigenvalue weighted by molar-refractivity contribution is -0.117. The zero-order chi connectivity index (χ0) is 21.8. The third kappa shape index (κ3) is 4.86. The molecule has 1 amide bonds. The van der Waals surface area contributed by atoms with Gasteiger partial charge in [-0.25, -0.2) is 4.79 Å². The van der Waals surface area contributed by atoms with Gasteiger partial charge >= 0.3 is 5.76 Å². The lowest BCUT2D eigenvalue weighted by Crippen LogP contribution is -2.46. The lowest BCUT2D eigenvalue weighted by Gasteiger charge is -2.36. The van der Waals surface area contributed by atoms with Crippen molar-refractivity contribution in [1.82, 2.24) is 14.7 Å². The Balaban J connectivity index is 1.40. The molecule has 3 aromatic rings. The fourth-order valence-electron chi connectivity index (χ4n) is 3.83. The number of carbonyl (C=O) groups excluding carboxylic acids is 1. The van der Waals surface area contributed by atoms with Gasteiger partial charge in [0, 0.05) is 43.1 Å². The minimum absolute atomic E-state index is 0.196. The molecule has 0 radical (unpaired) electrons. The molecule has 0 saturated carbocycles. The maximum Gasteiger partial charge on any atom is 0.437 e. The van der Waals surface area contributed by atoms with Crippen LogP contribution in [-0.4, -0.2) is 53.3 Å². The second kappa shape index (κ2) is 9.18. The highest BCUT2D eigenvalue weighted by atomic mass is 16.4. The number of aryl methyl sites for hydroxylation is 1. The number of anilines is 2. The Labute approximate surface area is 181 Å². The summed E-state index contributed by atoms with van der Waals surface area (Å²) in [5.74, 6) is -0.799. The maximum atomic E-state index is 12.5. The first-order chi connectivity index (χ1) is 15.0. The smallest absolute Gasteiger partial charge is 0.388 e. The van der Waals surface area contributed by atoms with Gasteiger partial charge < -0.3 is 19.5 Å². The van der Waals surface area contributed by atoms with Gasteiger partial charge in [0.1, 0.15) is 6.54 Å². The number of benzene rings is 2. The van der Waals surface area contributed by atoms with E-state index in [9.17, 15) is 9.59 Å². The van der Waals surface area contributed by atoms with Crippen LogP contribution >= 0.6 is 0 Å². The predicted octanol–water partition coefficient (Wildman–Crippen LogP) is 2.59. The van der Waals surface area contributed by atoms with Crippen LogP contribution in [0.3, 0.4) is 0 Å². The zero-order valence-corrected chi connectivity index (χ0v) is 17.9. The molecule has 2 aromatic carbocycles. The van der Waals surface area contributed by atoms with E-state index in [0.29, 0.717) is 11.3 Å². The van der Waals surface area contributed by atoms with Gasteiger partial charge in [0.05, 0.1) is 0 Å². The van der Waals surface area contributed by atoms with Crippen molar-refractivity contribution >= 4 is 17.3 Å². The number of aromatic nitrogens is 2. The molecule has 0 unspecified atom stereocenters. The van der Waals surface area contributed by atoms with Gasteiger partial charge in [-0.3, -0.25) is 4.79 Å². The molecular weight excluding hydrogens is 394 g/mol. The first-order valence-electron chi connectivity index (χ1n) is 10.5. The highest BCUT2D eigenvalue weighted by molar-refractivity contribution is 5.90. The Bertz CT molecular complexity index is 1100. The van der Waals surface area contributed by atoms with E-state index in [4.69, 9.17) is 4.42 Å². The van der Waals surface area contributed by atoms with Crippen LogP contribution in [0.25, 0.3) is 11.5 Å². The van der Waals surface area contributed by atoms with Gasteiger partial charge in [0.15, 0.2) is 0 Å². The SMILES string of the molecule is CCN1CCN(c2ccc(NC(=O)Cn3nc(-c4ccccc4)oc3=O)cc2C)CC1. The summed E-state index contributed by atoms with van der Waals surface area (Å²) in [6.45, 7) is 9.23. The Kier molecular flexibility index (Phi) is 6.18. The summed E-state index contributed by atoms with van der Waals surface area (Å²) in [4.78, 5) is 29.4. The topological polar surface area (TPSA) is 83.6 Å². The first-order valence-corrected chi connectivity index (χ1v) is 10.5. The standard InChI is InChI=1S/C23H27N5O3/c1-3-26-11-13-27(14-12-26)20-10-9-19(15-17(20)2)24-21(29)16-28-23(30)31-22(25-28)18-7-5-4-6-8-18/h4-10,15H,3,11-14,16H2,1-2H3,(H,24,29). The Hall–Kier alpha value is -3.39. The molecule has 1 aliphatic rings. The quantitative estimate of drug-likeness (QED) is 0.659. The maximum absolute atomic E-state index is 12.5. The number of nitrogens with zero attached hydrogens (tertiary/aromatic N) is 4. The van der Waals surface area contributed by atoms with Crippen molar-refractivity contribution in [3.05, 3.63) is 64.6 Å². The van der Waals surface area contributed by atoms with Gasteiger partial charge in [-0.1, -0.05) is 25.1 Å². The van der Waals surface area contributed by atoms with E-state index in [1.165, 1.54) is 5.69 Å². The molecule has 0 spiro atoms. The molecule has 1 N–H and O–H groups in total. The summed E-state index contributed by atoms with van der Waals surface area (Å²) in [6.07, 6.45) is 0. The number of amides is 1. The van der Waals surface area contributed by atoms with E-state index in [1.54, 1.807) is 12.1 Å². The first kappa shape index (κ1) is 20.9. The van der Waals surface area contributed by atoms with Crippen LogP contribution in [0.4, 0.5) is 11.4 Å². The normalized spacial score (nSPS) is 14.6. The van der Waals surface area contributed by atoms with Crippen molar-refractivity contribution in [2.45, 2.75) is 20.4 Å². The van der Waals surface area contributed by atoms with Crippen LogP contribution in [-0.2, 0) is 11.3 Å². The van der Waals surface area contributed by atoms with Crippen molar-refractivity contribution in [3.63, 3.8) is 0 Å². The predicted molar refractivity (Wildman–Crippen MR) is 120 cm³/mol. The van der Waals surface area contributed by atoms with Crippen LogP contribution in [0.2, 0.25) is 0 Å². The van der Waals surface area contributed by atoms with Gasteiger partial charge in [-0.05, 0) is 49.4 Å². The van der Waals surface area contributed by atoms with E-state index in [1.807, 2.05) is 43.3 Å². The van der Waals surface area contributed by atoms with Crippen molar-refractivity contribution in [2.75, 3.05) is 42.9 Å². The van der Waals surface area contributed by atoms with Crippen LogP contribution in [0.15, 0.2) is 57.7 Å². The van der Waals surface area contributed by atoms with E-state index in [0.717, 1.165) is 43.0 Å². The largest absolute Gasteiger partial charge is 0.437 e. The average molecular weight is 422 g/mol.